The largest absolute Gasteiger partial charge is 0.461 e. The number of likely N-dealkylation sites (tertiary alicyclic amines) is 1. The number of carbonyl (C=O) groups excluding carboxylic acids is 1. The van der Waals surface area contributed by atoms with Gasteiger partial charge in [-0.3, -0.25) is 4.90 Å². The van der Waals surface area contributed by atoms with Gasteiger partial charge in [0.15, 0.2) is 5.82 Å². The van der Waals surface area contributed by atoms with Crippen LogP contribution in [0.4, 0.5) is 28.8 Å². The number of nitrogen functional groups attached to an aromatic ring is 1. The lowest BCUT2D eigenvalue weighted by molar-refractivity contribution is 0.0108. The molecule has 0 saturated carbocycles. The first-order chi connectivity index (χ1) is 23.9. The molecule has 0 radical (unpaired) electrons. The lowest BCUT2D eigenvalue weighted by atomic mass is 9.73. The van der Waals surface area contributed by atoms with Crippen LogP contribution in [0.2, 0.25) is 5.02 Å². The molecule has 4 aliphatic rings. The molecule has 1 spiro atoms. The van der Waals surface area contributed by atoms with Crippen LogP contribution in [-0.2, 0) is 0 Å². The number of amides is 2. The van der Waals surface area contributed by atoms with Crippen LogP contribution in [0, 0.1) is 28.4 Å². The highest BCUT2D eigenvalue weighted by Crippen LogP contribution is 2.47. The molecular formula is C35H36ClF3N8O2S. The van der Waals surface area contributed by atoms with Crippen molar-refractivity contribution >= 4 is 60.8 Å². The molecule has 6 heterocycles. The van der Waals surface area contributed by atoms with E-state index in [2.05, 4.69) is 14.8 Å². The van der Waals surface area contributed by atoms with Gasteiger partial charge < -0.3 is 25.2 Å². The fourth-order valence-corrected chi connectivity index (χ4v) is 9.94. The van der Waals surface area contributed by atoms with E-state index in [1.807, 2.05) is 11.0 Å². The van der Waals surface area contributed by atoms with Gasteiger partial charge in [-0.05, 0) is 49.9 Å². The average Bonchev–Trinajstić information content (AvgIpc) is 3.72. The van der Waals surface area contributed by atoms with E-state index in [1.165, 1.54) is 12.1 Å². The summed E-state index contributed by atoms with van der Waals surface area (Å²) in [6.45, 7) is 3.71. The Balaban J connectivity index is 1.24. The number of nitrogens with two attached hydrogens (primary N) is 1. The van der Waals surface area contributed by atoms with Crippen LogP contribution in [0.3, 0.4) is 0 Å². The smallest absolute Gasteiger partial charge is 0.319 e. The summed E-state index contributed by atoms with van der Waals surface area (Å²) >= 11 is 7.81. The minimum Gasteiger partial charge on any atom is -0.461 e. The molecule has 2 aromatic carbocycles. The number of anilines is 2. The van der Waals surface area contributed by atoms with E-state index in [0.717, 1.165) is 43.6 Å². The van der Waals surface area contributed by atoms with Gasteiger partial charge in [0.2, 0.25) is 0 Å². The number of hydrogen-bond acceptors (Lipinski definition) is 9. The number of nitriles is 1. The van der Waals surface area contributed by atoms with Crippen LogP contribution in [-0.4, -0.2) is 102 Å². The minimum atomic E-state index is -0.947. The van der Waals surface area contributed by atoms with E-state index < -0.39 is 23.3 Å². The zero-order chi connectivity index (χ0) is 35.1. The number of urea groups is 1. The fraction of sp³-hybridized carbons (Fsp3) is 0.486. The van der Waals surface area contributed by atoms with Crippen LogP contribution >= 0.6 is 22.9 Å². The quantitative estimate of drug-likeness (QED) is 0.250. The molecule has 2 N–H and O–H groups in total. The highest BCUT2D eigenvalue weighted by molar-refractivity contribution is 7.23. The second-order valence-corrected chi connectivity index (χ2v) is 15.9. The summed E-state index contributed by atoms with van der Waals surface area (Å²) in [5.41, 5.74) is 5.64. The van der Waals surface area contributed by atoms with Gasteiger partial charge in [-0.15, -0.1) is 11.3 Å². The maximum absolute atomic E-state index is 17.1. The van der Waals surface area contributed by atoms with Gasteiger partial charge in [0.1, 0.15) is 41.0 Å². The van der Waals surface area contributed by atoms with E-state index in [4.69, 9.17) is 27.1 Å². The molecule has 2 amide bonds. The Bertz CT molecular complexity index is 2100. The number of alkyl halides is 1. The van der Waals surface area contributed by atoms with Crippen LogP contribution in [0.15, 0.2) is 18.2 Å². The van der Waals surface area contributed by atoms with Gasteiger partial charge in [0, 0.05) is 75.0 Å². The van der Waals surface area contributed by atoms with Gasteiger partial charge in [-0.25, -0.2) is 18.0 Å². The van der Waals surface area contributed by atoms with Crippen molar-refractivity contribution in [3.63, 3.8) is 0 Å². The molecule has 8 rings (SSSR count). The lowest BCUT2D eigenvalue weighted by Crippen LogP contribution is -2.65. The molecule has 262 valence electrons. The van der Waals surface area contributed by atoms with E-state index in [-0.39, 0.29) is 66.4 Å². The summed E-state index contributed by atoms with van der Waals surface area (Å²) in [4.78, 5) is 29.7. The summed E-state index contributed by atoms with van der Waals surface area (Å²) in [7, 11) is 3.47. The van der Waals surface area contributed by atoms with E-state index >= 15 is 4.39 Å². The molecule has 2 atom stereocenters. The maximum atomic E-state index is 17.1. The molecular weight excluding hydrogens is 689 g/mol. The number of halogens is 4. The van der Waals surface area contributed by atoms with Crippen molar-refractivity contribution in [2.45, 2.75) is 43.8 Å². The Morgan fingerprint density at radius 2 is 1.98 bits per heavy atom. The lowest BCUT2D eigenvalue weighted by Gasteiger charge is -2.55. The zero-order valence-corrected chi connectivity index (χ0v) is 29.3. The maximum Gasteiger partial charge on any atom is 0.319 e. The predicted molar refractivity (Wildman–Crippen MR) is 187 cm³/mol. The summed E-state index contributed by atoms with van der Waals surface area (Å²) in [5, 5.41) is 10.6. The standard InChI is InChI=1S/C35H36ClF3N8O2S/c1-44(2)33(48)46-16-34(17-46)7-3-9-45(15-34)31-21-11-23(36)26(20-5-6-24(38)29-25(20)22(13-40)30(41)50-29)27(39)28(21)42-32(43-31)49-18-35-8-4-10-47(35)14-19(37)12-35/h5-6,11,19H,3-4,7-10,12,14-18,41H2,1-2H3/t19-,35+/m1/s1. The molecule has 4 aliphatic heterocycles. The van der Waals surface area contributed by atoms with Gasteiger partial charge in [0.05, 0.1) is 20.8 Å². The van der Waals surface area contributed by atoms with E-state index in [9.17, 15) is 18.8 Å². The van der Waals surface area contributed by atoms with Gasteiger partial charge >= 0.3 is 12.0 Å². The molecule has 4 aromatic rings. The number of hydrogen-bond donors (Lipinski definition) is 1. The molecule has 0 bridgehead atoms. The molecule has 2 aromatic heterocycles. The number of nitrogens with zero attached hydrogens (tertiary/aromatic N) is 7. The first-order valence-electron chi connectivity index (χ1n) is 16.8. The second kappa shape index (κ2) is 12.0. The van der Waals surface area contributed by atoms with Crippen LogP contribution in [0.5, 0.6) is 6.01 Å². The fourth-order valence-electron chi connectivity index (χ4n) is 8.70. The third-order valence-corrected chi connectivity index (χ3v) is 12.3. The molecule has 4 fully saturated rings. The highest BCUT2D eigenvalue weighted by atomic mass is 35.5. The normalized spacial score (nSPS) is 23.0. The number of aromatic nitrogens is 2. The van der Waals surface area contributed by atoms with Crippen molar-refractivity contribution in [1.29, 1.82) is 5.26 Å². The summed E-state index contributed by atoms with van der Waals surface area (Å²) in [5.74, 6) is -0.902. The molecule has 0 unspecified atom stereocenters. The number of carbonyl (C=O) groups is 1. The molecule has 15 heteroatoms. The van der Waals surface area contributed by atoms with Crippen LogP contribution in [0.25, 0.3) is 32.1 Å². The minimum absolute atomic E-state index is 0.0358. The molecule has 0 aliphatic carbocycles. The second-order valence-electron chi connectivity index (χ2n) is 14.4. The first-order valence-corrected chi connectivity index (χ1v) is 18.0. The van der Waals surface area contributed by atoms with Crippen molar-refractivity contribution in [3.05, 3.63) is 40.4 Å². The van der Waals surface area contributed by atoms with Gasteiger partial charge in [-0.2, -0.15) is 15.2 Å². The SMILES string of the molecule is CN(C)C(=O)N1CC2(CCCN(c3nc(OC[C@@]45CCCN4C[C@H](F)C5)nc4c(F)c(-c5ccc(F)c6sc(N)c(C#N)c56)c(Cl)cc34)C2)C1. The number of piperidine rings is 1. The van der Waals surface area contributed by atoms with Crippen LogP contribution < -0.4 is 15.4 Å². The topological polar surface area (TPSA) is 115 Å². The first kappa shape index (κ1) is 33.1. The Labute approximate surface area is 296 Å². The zero-order valence-electron chi connectivity index (χ0n) is 27.7. The Morgan fingerprint density at radius 3 is 2.74 bits per heavy atom. The third kappa shape index (κ3) is 5.19. The monoisotopic (exact) mass is 724 g/mol. The molecule has 4 saturated heterocycles. The number of benzene rings is 2. The summed E-state index contributed by atoms with van der Waals surface area (Å²) < 4.78 is 53.0. The van der Waals surface area contributed by atoms with Crippen molar-refractivity contribution in [2.24, 2.45) is 5.41 Å². The average molecular weight is 725 g/mol. The Kier molecular flexibility index (Phi) is 7.96. The molecule has 10 nitrogen and oxygen atoms in total. The summed E-state index contributed by atoms with van der Waals surface area (Å²) in [6, 6.07) is 6.17. The number of ether oxygens (including phenoxy) is 1. The predicted octanol–water partition coefficient (Wildman–Crippen LogP) is 6.44. The van der Waals surface area contributed by atoms with E-state index in [0.29, 0.717) is 50.3 Å². The van der Waals surface area contributed by atoms with Crippen molar-refractivity contribution in [3.8, 4) is 23.2 Å². The number of thiophene rings is 1. The Morgan fingerprint density at radius 1 is 1.20 bits per heavy atom. The van der Waals surface area contributed by atoms with Gasteiger partial charge in [0.25, 0.3) is 0 Å². The van der Waals surface area contributed by atoms with Crippen molar-refractivity contribution < 1.29 is 22.7 Å². The van der Waals surface area contributed by atoms with Crippen molar-refractivity contribution in [1.82, 2.24) is 24.7 Å². The van der Waals surface area contributed by atoms with Crippen LogP contribution in [0.1, 0.15) is 37.7 Å². The number of rotatable bonds is 5. The Hall–Kier alpha value is -4.06. The highest BCUT2D eigenvalue weighted by Gasteiger charge is 2.50. The summed E-state index contributed by atoms with van der Waals surface area (Å²) in [6.07, 6.45) is 2.88. The molecule has 50 heavy (non-hydrogen) atoms. The van der Waals surface area contributed by atoms with Crippen molar-refractivity contribution in [2.75, 3.05) is 70.6 Å². The van der Waals surface area contributed by atoms with Gasteiger partial charge in [-0.1, -0.05) is 17.7 Å². The third-order valence-electron chi connectivity index (χ3n) is 10.9. The van der Waals surface area contributed by atoms with E-state index in [1.54, 1.807) is 25.1 Å². The number of fused-ring (bicyclic) bond motifs is 3.